The van der Waals surface area contributed by atoms with Crippen molar-refractivity contribution in [2.45, 2.75) is 31.9 Å². The zero-order valence-electron chi connectivity index (χ0n) is 7.23. The Balaban J connectivity index is 2.55. The maximum atomic E-state index is 11.3. The maximum Gasteiger partial charge on any atom is 0.251 e. The van der Waals surface area contributed by atoms with Crippen molar-refractivity contribution in [3.05, 3.63) is 0 Å². The van der Waals surface area contributed by atoms with E-state index in [0.29, 0.717) is 6.54 Å². The van der Waals surface area contributed by atoms with E-state index < -0.39 is 6.10 Å². The van der Waals surface area contributed by atoms with Gasteiger partial charge in [0.15, 0.2) is 0 Å². The van der Waals surface area contributed by atoms with Crippen molar-refractivity contribution < 1.29 is 15.0 Å². The number of hydrogen-bond acceptors (Lipinski definition) is 3. The Morgan fingerprint density at radius 1 is 1.75 bits per heavy atom. The normalized spacial score (nSPS) is 25.9. The molecular formula is C8H15NO3. The molecule has 0 aliphatic carbocycles. The Labute approximate surface area is 71.8 Å². The Morgan fingerprint density at radius 3 is 2.92 bits per heavy atom. The lowest BCUT2D eigenvalue weighted by atomic mass is 10.2. The number of nitrogens with zero attached hydrogens (tertiary/aromatic N) is 1. The fourth-order valence-corrected chi connectivity index (χ4v) is 1.56. The molecule has 0 radical (unpaired) electrons. The smallest absolute Gasteiger partial charge is 0.251 e. The van der Waals surface area contributed by atoms with E-state index in [2.05, 4.69) is 0 Å². The van der Waals surface area contributed by atoms with Crippen LogP contribution in [0.4, 0.5) is 0 Å². The molecule has 12 heavy (non-hydrogen) atoms. The summed E-state index contributed by atoms with van der Waals surface area (Å²) in [6, 6.07) is -0.0768. The summed E-state index contributed by atoms with van der Waals surface area (Å²) in [7, 11) is 0. The van der Waals surface area contributed by atoms with Crippen molar-refractivity contribution in [1.82, 2.24) is 4.90 Å². The number of likely N-dealkylation sites (tertiary alicyclic amines) is 1. The summed E-state index contributed by atoms with van der Waals surface area (Å²) < 4.78 is 0. The van der Waals surface area contributed by atoms with Gasteiger partial charge in [-0.05, 0) is 19.8 Å². The maximum absolute atomic E-state index is 11.3. The summed E-state index contributed by atoms with van der Waals surface area (Å²) in [4.78, 5) is 12.8. The summed E-state index contributed by atoms with van der Waals surface area (Å²) in [5.41, 5.74) is 0. The second-order valence-corrected chi connectivity index (χ2v) is 3.19. The first-order chi connectivity index (χ1) is 5.66. The highest BCUT2D eigenvalue weighted by Crippen LogP contribution is 2.17. The lowest BCUT2D eigenvalue weighted by molar-refractivity contribution is -0.140. The van der Waals surface area contributed by atoms with Crippen molar-refractivity contribution in [2.75, 3.05) is 13.2 Å². The highest BCUT2D eigenvalue weighted by molar-refractivity contribution is 5.80. The van der Waals surface area contributed by atoms with E-state index in [1.165, 1.54) is 6.92 Å². The van der Waals surface area contributed by atoms with Gasteiger partial charge in [0.25, 0.3) is 5.91 Å². The van der Waals surface area contributed by atoms with Gasteiger partial charge in [-0.1, -0.05) is 0 Å². The molecule has 4 nitrogen and oxygen atoms in total. The van der Waals surface area contributed by atoms with Gasteiger partial charge in [-0.2, -0.15) is 0 Å². The first-order valence-corrected chi connectivity index (χ1v) is 4.26. The van der Waals surface area contributed by atoms with Gasteiger partial charge in [-0.3, -0.25) is 4.79 Å². The second-order valence-electron chi connectivity index (χ2n) is 3.19. The highest BCUT2D eigenvalue weighted by Gasteiger charge is 2.29. The van der Waals surface area contributed by atoms with E-state index in [1.54, 1.807) is 4.90 Å². The average Bonchev–Trinajstić information content (AvgIpc) is 2.49. The molecule has 1 aliphatic heterocycles. The molecule has 70 valence electrons. The minimum Gasteiger partial charge on any atom is -0.394 e. The number of rotatable bonds is 2. The number of carbonyl (C=O) groups excluding carboxylic acids is 1. The van der Waals surface area contributed by atoms with Crippen molar-refractivity contribution >= 4 is 5.91 Å². The number of hydrogen-bond donors (Lipinski definition) is 2. The van der Waals surface area contributed by atoms with Crippen LogP contribution in [-0.4, -0.2) is 46.3 Å². The SMILES string of the molecule is C[C@H](O)C(=O)N1CCC[C@H]1CO. The molecule has 1 saturated heterocycles. The predicted molar refractivity (Wildman–Crippen MR) is 43.5 cm³/mol. The van der Waals surface area contributed by atoms with Gasteiger partial charge in [0.1, 0.15) is 6.10 Å². The van der Waals surface area contributed by atoms with Gasteiger partial charge in [0.05, 0.1) is 12.6 Å². The van der Waals surface area contributed by atoms with Crippen LogP contribution in [0.3, 0.4) is 0 Å². The van der Waals surface area contributed by atoms with E-state index in [9.17, 15) is 4.79 Å². The first kappa shape index (κ1) is 9.48. The fourth-order valence-electron chi connectivity index (χ4n) is 1.56. The quantitative estimate of drug-likeness (QED) is 0.583. The molecule has 0 bridgehead atoms. The minimum absolute atomic E-state index is 0.00153. The van der Waals surface area contributed by atoms with Crippen molar-refractivity contribution in [2.24, 2.45) is 0 Å². The lowest BCUT2D eigenvalue weighted by Gasteiger charge is -2.24. The van der Waals surface area contributed by atoms with Gasteiger partial charge in [-0.15, -0.1) is 0 Å². The Hall–Kier alpha value is -0.610. The van der Waals surface area contributed by atoms with Crippen molar-refractivity contribution in [1.29, 1.82) is 0 Å². The zero-order valence-corrected chi connectivity index (χ0v) is 7.23. The number of aliphatic hydroxyl groups excluding tert-OH is 2. The second kappa shape index (κ2) is 3.87. The molecule has 1 aliphatic rings. The summed E-state index contributed by atoms with van der Waals surface area (Å²) in [5, 5.41) is 17.9. The lowest BCUT2D eigenvalue weighted by Crippen LogP contribution is -2.42. The molecule has 1 heterocycles. The third kappa shape index (κ3) is 1.76. The van der Waals surface area contributed by atoms with Crippen LogP contribution >= 0.6 is 0 Å². The third-order valence-electron chi connectivity index (χ3n) is 2.23. The van der Waals surface area contributed by atoms with E-state index in [0.717, 1.165) is 12.8 Å². The average molecular weight is 173 g/mol. The van der Waals surface area contributed by atoms with Crippen LogP contribution in [0.15, 0.2) is 0 Å². The Bertz CT molecular complexity index is 170. The summed E-state index contributed by atoms with van der Waals surface area (Å²) in [5.74, 6) is -0.272. The highest BCUT2D eigenvalue weighted by atomic mass is 16.3. The number of carbonyl (C=O) groups is 1. The van der Waals surface area contributed by atoms with Crippen LogP contribution < -0.4 is 0 Å². The molecule has 0 aromatic rings. The van der Waals surface area contributed by atoms with Crippen LogP contribution in [0.5, 0.6) is 0 Å². The van der Waals surface area contributed by atoms with E-state index >= 15 is 0 Å². The molecule has 1 fully saturated rings. The van der Waals surface area contributed by atoms with Gasteiger partial charge >= 0.3 is 0 Å². The molecular weight excluding hydrogens is 158 g/mol. The van der Waals surface area contributed by atoms with Gasteiger partial charge < -0.3 is 15.1 Å². The molecule has 1 amide bonds. The summed E-state index contributed by atoms with van der Waals surface area (Å²) in [6.45, 7) is 2.11. The van der Waals surface area contributed by atoms with Crippen molar-refractivity contribution in [3.63, 3.8) is 0 Å². The van der Waals surface area contributed by atoms with Gasteiger partial charge in [-0.25, -0.2) is 0 Å². The third-order valence-corrected chi connectivity index (χ3v) is 2.23. The van der Waals surface area contributed by atoms with Crippen LogP contribution in [0.2, 0.25) is 0 Å². The summed E-state index contributed by atoms with van der Waals surface area (Å²) >= 11 is 0. The topological polar surface area (TPSA) is 60.8 Å². The predicted octanol–water partition coefficient (Wildman–Crippen LogP) is -0.650. The molecule has 0 aromatic carbocycles. The molecule has 1 rings (SSSR count). The van der Waals surface area contributed by atoms with Gasteiger partial charge in [0.2, 0.25) is 0 Å². The monoisotopic (exact) mass is 173 g/mol. The summed E-state index contributed by atoms with van der Waals surface area (Å²) in [6.07, 6.45) is 0.815. The number of aliphatic hydroxyl groups is 2. The van der Waals surface area contributed by atoms with E-state index in [-0.39, 0.29) is 18.6 Å². The van der Waals surface area contributed by atoms with E-state index in [1.807, 2.05) is 0 Å². The molecule has 0 unspecified atom stereocenters. The van der Waals surface area contributed by atoms with Crippen LogP contribution in [0.25, 0.3) is 0 Å². The number of amides is 1. The first-order valence-electron chi connectivity index (χ1n) is 4.26. The fraction of sp³-hybridized carbons (Fsp3) is 0.875. The molecule has 0 aromatic heterocycles. The molecule has 2 atom stereocenters. The largest absolute Gasteiger partial charge is 0.394 e. The van der Waals surface area contributed by atoms with Gasteiger partial charge in [0, 0.05) is 6.54 Å². The van der Waals surface area contributed by atoms with Crippen LogP contribution in [0, 0.1) is 0 Å². The Kier molecular flexibility index (Phi) is 3.05. The molecule has 0 spiro atoms. The molecule has 0 saturated carbocycles. The van der Waals surface area contributed by atoms with Crippen molar-refractivity contribution in [3.8, 4) is 0 Å². The van der Waals surface area contributed by atoms with Crippen LogP contribution in [0.1, 0.15) is 19.8 Å². The van der Waals surface area contributed by atoms with Crippen LogP contribution in [-0.2, 0) is 4.79 Å². The minimum atomic E-state index is -0.947. The zero-order chi connectivity index (χ0) is 9.14. The van der Waals surface area contributed by atoms with E-state index in [4.69, 9.17) is 10.2 Å². The standard InChI is InChI=1S/C8H15NO3/c1-6(11)8(12)9-4-2-3-7(9)5-10/h6-7,10-11H,2-5H2,1H3/t6-,7-/m0/s1. The Morgan fingerprint density at radius 2 is 2.42 bits per heavy atom. The molecule has 4 heteroatoms. The molecule has 2 N–H and O–H groups in total.